The first-order valence-corrected chi connectivity index (χ1v) is 8.00. The molecule has 3 rings (SSSR count). The normalized spacial score (nSPS) is 15.0. The lowest BCUT2D eigenvalue weighted by Gasteiger charge is -2.36. The Labute approximate surface area is 136 Å². The number of carbonyl (C=O) groups is 1. The first-order valence-electron chi connectivity index (χ1n) is 8.00. The van der Waals surface area contributed by atoms with Crippen LogP contribution in [0, 0.1) is 0 Å². The molecule has 1 saturated heterocycles. The fourth-order valence-electron chi connectivity index (χ4n) is 2.87. The van der Waals surface area contributed by atoms with Gasteiger partial charge >= 0.3 is 0 Å². The number of piperazine rings is 1. The van der Waals surface area contributed by atoms with Crippen molar-refractivity contribution in [2.24, 2.45) is 0 Å². The quantitative estimate of drug-likeness (QED) is 0.913. The number of anilines is 1. The third-order valence-corrected chi connectivity index (χ3v) is 4.21. The second-order valence-electron chi connectivity index (χ2n) is 5.79. The van der Waals surface area contributed by atoms with Crippen LogP contribution in [0.2, 0.25) is 0 Å². The Morgan fingerprint density at radius 1 is 1.13 bits per heavy atom. The number of phenols is 1. The number of phenolic OH excluding ortho intramolecular Hbond substituents is 1. The van der Waals surface area contributed by atoms with Crippen LogP contribution in [0.4, 0.5) is 5.69 Å². The number of aromatic hydroxyl groups is 1. The molecule has 1 N–H and O–H groups in total. The van der Waals surface area contributed by atoms with Crippen molar-refractivity contribution in [1.82, 2.24) is 14.5 Å². The average molecular weight is 314 g/mol. The van der Waals surface area contributed by atoms with Gasteiger partial charge in [0.1, 0.15) is 5.75 Å². The highest BCUT2D eigenvalue weighted by Crippen LogP contribution is 2.20. The second-order valence-corrected chi connectivity index (χ2v) is 5.79. The summed E-state index contributed by atoms with van der Waals surface area (Å²) in [7, 11) is 0. The molecule has 1 aromatic heterocycles. The van der Waals surface area contributed by atoms with E-state index in [-0.39, 0.29) is 11.7 Å². The van der Waals surface area contributed by atoms with Gasteiger partial charge in [0.05, 0.1) is 6.33 Å². The molecule has 0 atom stereocenters. The van der Waals surface area contributed by atoms with Gasteiger partial charge in [0.15, 0.2) is 0 Å². The number of hydrogen-bond acceptors (Lipinski definition) is 4. The van der Waals surface area contributed by atoms with Crippen molar-refractivity contribution in [3.63, 3.8) is 0 Å². The highest BCUT2D eigenvalue weighted by Gasteiger charge is 2.20. The van der Waals surface area contributed by atoms with Crippen LogP contribution in [0.15, 0.2) is 43.0 Å². The van der Waals surface area contributed by atoms with Crippen molar-refractivity contribution < 1.29 is 9.90 Å². The number of imidazole rings is 1. The number of hydrogen-bond donors (Lipinski definition) is 1. The van der Waals surface area contributed by atoms with E-state index in [0.29, 0.717) is 6.42 Å². The van der Waals surface area contributed by atoms with Crippen LogP contribution in [0.3, 0.4) is 0 Å². The van der Waals surface area contributed by atoms with Gasteiger partial charge in [0.25, 0.3) is 0 Å². The summed E-state index contributed by atoms with van der Waals surface area (Å²) in [4.78, 5) is 20.5. The molecule has 6 nitrogen and oxygen atoms in total. The maximum Gasteiger partial charge on any atom is 0.222 e. The molecular formula is C17H22N4O2. The molecule has 0 unspecified atom stereocenters. The van der Waals surface area contributed by atoms with Crippen LogP contribution in [0.5, 0.6) is 5.75 Å². The lowest BCUT2D eigenvalue weighted by Crippen LogP contribution is -2.48. The van der Waals surface area contributed by atoms with Crippen molar-refractivity contribution >= 4 is 11.6 Å². The van der Waals surface area contributed by atoms with E-state index in [1.54, 1.807) is 24.7 Å². The van der Waals surface area contributed by atoms with E-state index in [0.717, 1.165) is 44.8 Å². The Morgan fingerprint density at radius 2 is 1.87 bits per heavy atom. The van der Waals surface area contributed by atoms with E-state index in [1.165, 1.54) is 0 Å². The van der Waals surface area contributed by atoms with Crippen LogP contribution in [-0.2, 0) is 11.3 Å². The molecule has 1 aromatic carbocycles. The van der Waals surface area contributed by atoms with E-state index in [4.69, 9.17) is 0 Å². The molecule has 0 bridgehead atoms. The molecule has 0 spiro atoms. The summed E-state index contributed by atoms with van der Waals surface area (Å²) in [6, 6.07) is 7.22. The predicted molar refractivity (Wildman–Crippen MR) is 88.4 cm³/mol. The van der Waals surface area contributed by atoms with Gasteiger partial charge in [-0.2, -0.15) is 0 Å². The SMILES string of the molecule is O=C(CCCn1ccnc1)N1CCN(c2ccc(O)cc2)CC1. The summed E-state index contributed by atoms with van der Waals surface area (Å²) in [6.45, 7) is 4.00. The third kappa shape index (κ3) is 4.03. The topological polar surface area (TPSA) is 61.6 Å². The fraction of sp³-hybridized carbons (Fsp3) is 0.412. The summed E-state index contributed by atoms with van der Waals surface area (Å²) < 4.78 is 2.00. The Kier molecular flexibility index (Phi) is 4.80. The first-order chi connectivity index (χ1) is 11.2. The molecule has 2 aromatic rings. The number of amides is 1. The zero-order valence-electron chi connectivity index (χ0n) is 13.1. The number of nitrogens with zero attached hydrogens (tertiary/aromatic N) is 4. The van der Waals surface area contributed by atoms with Gasteiger partial charge in [0.2, 0.25) is 5.91 Å². The molecule has 6 heteroatoms. The zero-order chi connectivity index (χ0) is 16.1. The summed E-state index contributed by atoms with van der Waals surface area (Å²) in [5.41, 5.74) is 1.09. The van der Waals surface area contributed by atoms with Crippen molar-refractivity contribution in [2.45, 2.75) is 19.4 Å². The van der Waals surface area contributed by atoms with Crippen LogP contribution in [-0.4, -0.2) is 51.6 Å². The minimum Gasteiger partial charge on any atom is -0.508 e. The summed E-state index contributed by atoms with van der Waals surface area (Å²) in [5, 5.41) is 9.34. The molecule has 1 aliphatic rings. The predicted octanol–water partition coefficient (Wildman–Crippen LogP) is 1.72. The third-order valence-electron chi connectivity index (χ3n) is 4.21. The van der Waals surface area contributed by atoms with Gasteiger partial charge < -0.3 is 19.5 Å². The largest absolute Gasteiger partial charge is 0.508 e. The van der Waals surface area contributed by atoms with Gasteiger partial charge in [-0.15, -0.1) is 0 Å². The van der Waals surface area contributed by atoms with Crippen molar-refractivity contribution in [2.75, 3.05) is 31.1 Å². The van der Waals surface area contributed by atoms with Gasteiger partial charge in [-0.05, 0) is 30.7 Å². The van der Waals surface area contributed by atoms with Gasteiger partial charge in [-0.25, -0.2) is 4.98 Å². The lowest BCUT2D eigenvalue weighted by molar-refractivity contribution is -0.131. The second kappa shape index (κ2) is 7.17. The number of benzene rings is 1. The number of aromatic nitrogens is 2. The molecule has 122 valence electrons. The van der Waals surface area contributed by atoms with Crippen molar-refractivity contribution in [3.8, 4) is 5.75 Å². The monoisotopic (exact) mass is 314 g/mol. The molecule has 0 aliphatic carbocycles. The fourth-order valence-corrected chi connectivity index (χ4v) is 2.87. The van der Waals surface area contributed by atoms with E-state index in [2.05, 4.69) is 9.88 Å². The Balaban J connectivity index is 1.43. The number of rotatable bonds is 5. The van der Waals surface area contributed by atoms with Crippen LogP contribution < -0.4 is 4.90 Å². The average Bonchev–Trinajstić information content (AvgIpc) is 3.09. The van der Waals surface area contributed by atoms with Crippen molar-refractivity contribution in [1.29, 1.82) is 0 Å². The minimum absolute atomic E-state index is 0.232. The molecule has 1 fully saturated rings. The van der Waals surface area contributed by atoms with E-state index < -0.39 is 0 Å². The van der Waals surface area contributed by atoms with E-state index in [9.17, 15) is 9.90 Å². The minimum atomic E-state index is 0.232. The summed E-state index contributed by atoms with van der Waals surface area (Å²) in [6.07, 6.45) is 6.87. The Morgan fingerprint density at radius 3 is 2.52 bits per heavy atom. The maximum absolute atomic E-state index is 12.3. The molecule has 0 radical (unpaired) electrons. The van der Waals surface area contributed by atoms with Crippen molar-refractivity contribution in [3.05, 3.63) is 43.0 Å². The standard InChI is InChI=1S/C17H22N4O2/c22-16-5-3-15(4-6-16)20-10-12-21(13-11-20)17(23)2-1-8-19-9-7-18-14-19/h3-7,9,14,22H,1-2,8,10-13H2. The Hall–Kier alpha value is -2.50. The number of carbonyl (C=O) groups excluding carboxylic acids is 1. The summed E-state index contributed by atoms with van der Waals surface area (Å²) in [5.74, 6) is 0.510. The zero-order valence-corrected chi connectivity index (χ0v) is 13.1. The summed E-state index contributed by atoms with van der Waals surface area (Å²) >= 11 is 0. The molecule has 1 amide bonds. The van der Waals surface area contributed by atoms with Crippen LogP contribution in [0.25, 0.3) is 0 Å². The first kappa shape index (κ1) is 15.4. The molecular weight excluding hydrogens is 292 g/mol. The van der Waals surface area contributed by atoms with E-state index in [1.807, 2.05) is 27.8 Å². The molecule has 2 heterocycles. The van der Waals surface area contributed by atoms with Gasteiger partial charge in [0, 0.05) is 57.2 Å². The van der Waals surface area contributed by atoms with E-state index >= 15 is 0 Å². The van der Waals surface area contributed by atoms with Gasteiger partial charge in [-0.1, -0.05) is 0 Å². The molecule has 23 heavy (non-hydrogen) atoms. The molecule has 0 saturated carbocycles. The van der Waals surface area contributed by atoms with Crippen LogP contribution in [0.1, 0.15) is 12.8 Å². The smallest absolute Gasteiger partial charge is 0.222 e. The highest BCUT2D eigenvalue weighted by molar-refractivity contribution is 5.76. The Bertz CT molecular complexity index is 617. The molecule has 1 aliphatic heterocycles. The lowest BCUT2D eigenvalue weighted by atomic mass is 10.2. The number of aryl methyl sites for hydroxylation is 1. The van der Waals surface area contributed by atoms with Crippen LogP contribution >= 0.6 is 0 Å². The highest BCUT2D eigenvalue weighted by atomic mass is 16.3. The maximum atomic E-state index is 12.3. The van der Waals surface area contributed by atoms with Gasteiger partial charge in [-0.3, -0.25) is 4.79 Å².